The third kappa shape index (κ3) is 3.96. The number of ether oxygens (including phenoxy) is 1. The number of hydrogen-bond donors (Lipinski definition) is 1. The molecule has 0 atom stereocenters. The topological polar surface area (TPSA) is 52.3 Å². The van der Waals surface area contributed by atoms with Gasteiger partial charge in [0, 0.05) is 6.08 Å². The van der Waals surface area contributed by atoms with Crippen molar-refractivity contribution < 1.29 is 9.53 Å². The molecule has 0 saturated carbocycles. The van der Waals surface area contributed by atoms with Crippen molar-refractivity contribution >= 4 is 5.91 Å². The Balaban J connectivity index is 2.32. The largest absolute Gasteiger partial charge is 0.496 e. The maximum atomic E-state index is 10.3. The first-order valence-electron chi connectivity index (χ1n) is 3.90. The molecule has 0 spiro atoms. The quantitative estimate of drug-likeness (QED) is 0.555. The van der Waals surface area contributed by atoms with Crippen molar-refractivity contribution in [3.63, 3.8) is 0 Å². The molecule has 1 amide bonds. The van der Waals surface area contributed by atoms with E-state index in [1.807, 2.05) is 30.3 Å². The van der Waals surface area contributed by atoms with Gasteiger partial charge in [-0.05, 0) is 5.56 Å². The highest BCUT2D eigenvalue weighted by atomic mass is 16.5. The van der Waals surface area contributed by atoms with Crippen LogP contribution in [0.2, 0.25) is 0 Å². The van der Waals surface area contributed by atoms with Crippen molar-refractivity contribution in [2.45, 2.75) is 6.61 Å². The van der Waals surface area contributed by atoms with Crippen molar-refractivity contribution in [3.05, 3.63) is 48.2 Å². The van der Waals surface area contributed by atoms with E-state index in [1.165, 1.54) is 12.3 Å². The summed E-state index contributed by atoms with van der Waals surface area (Å²) < 4.78 is 5.05. The smallest absolute Gasteiger partial charge is 0.244 e. The lowest BCUT2D eigenvalue weighted by Gasteiger charge is -1.99. The summed E-state index contributed by atoms with van der Waals surface area (Å²) in [6.45, 7) is 0.449. The average Bonchev–Trinajstić information content (AvgIpc) is 2.14. The zero-order valence-corrected chi connectivity index (χ0v) is 7.14. The SMILES string of the molecule is NC(=O)C=COCc1ccccc1. The van der Waals surface area contributed by atoms with E-state index in [1.54, 1.807) is 0 Å². The van der Waals surface area contributed by atoms with E-state index in [0.29, 0.717) is 6.61 Å². The second-order valence-electron chi connectivity index (χ2n) is 2.50. The molecule has 0 aliphatic heterocycles. The molecule has 0 fully saturated rings. The zero-order valence-electron chi connectivity index (χ0n) is 7.14. The van der Waals surface area contributed by atoms with Gasteiger partial charge in [-0.3, -0.25) is 4.79 Å². The van der Waals surface area contributed by atoms with Gasteiger partial charge in [0.15, 0.2) is 0 Å². The summed E-state index contributed by atoms with van der Waals surface area (Å²) in [5.41, 5.74) is 5.92. The first-order chi connectivity index (χ1) is 6.29. The predicted molar refractivity (Wildman–Crippen MR) is 49.6 cm³/mol. The van der Waals surface area contributed by atoms with E-state index in [0.717, 1.165) is 5.56 Å². The lowest BCUT2D eigenvalue weighted by atomic mass is 10.2. The van der Waals surface area contributed by atoms with Crippen LogP contribution in [0.25, 0.3) is 0 Å². The summed E-state index contributed by atoms with van der Waals surface area (Å²) in [6, 6.07) is 9.67. The fraction of sp³-hybridized carbons (Fsp3) is 0.100. The Hall–Kier alpha value is -1.77. The van der Waals surface area contributed by atoms with Gasteiger partial charge in [0.05, 0.1) is 6.26 Å². The van der Waals surface area contributed by atoms with E-state index in [2.05, 4.69) is 0 Å². The monoisotopic (exact) mass is 177 g/mol. The molecular weight excluding hydrogens is 166 g/mol. The maximum Gasteiger partial charge on any atom is 0.244 e. The van der Waals surface area contributed by atoms with Crippen LogP contribution >= 0.6 is 0 Å². The molecule has 0 bridgehead atoms. The number of hydrogen-bond acceptors (Lipinski definition) is 2. The van der Waals surface area contributed by atoms with Gasteiger partial charge in [-0.25, -0.2) is 0 Å². The normalized spacial score (nSPS) is 10.2. The summed E-state index contributed by atoms with van der Waals surface area (Å²) >= 11 is 0. The van der Waals surface area contributed by atoms with Gasteiger partial charge >= 0.3 is 0 Å². The Labute approximate surface area is 76.8 Å². The fourth-order valence-electron chi connectivity index (χ4n) is 0.834. The van der Waals surface area contributed by atoms with Gasteiger partial charge in [0.25, 0.3) is 0 Å². The lowest BCUT2D eigenvalue weighted by molar-refractivity contribution is -0.113. The van der Waals surface area contributed by atoms with Crippen molar-refractivity contribution in [3.8, 4) is 0 Å². The predicted octanol–water partition coefficient (Wildman–Crippen LogP) is 1.20. The first-order valence-corrected chi connectivity index (χ1v) is 3.90. The van der Waals surface area contributed by atoms with Crippen LogP contribution in [0.15, 0.2) is 42.7 Å². The molecule has 0 radical (unpaired) electrons. The molecule has 0 heterocycles. The number of benzene rings is 1. The molecule has 0 aromatic heterocycles. The highest BCUT2D eigenvalue weighted by Crippen LogP contribution is 2.00. The number of nitrogens with two attached hydrogens (primary N) is 1. The Bertz CT molecular complexity index is 293. The minimum Gasteiger partial charge on any atom is -0.496 e. The molecule has 3 heteroatoms. The minimum absolute atomic E-state index is 0.449. The molecule has 0 saturated heterocycles. The molecule has 1 aromatic carbocycles. The van der Waals surface area contributed by atoms with Crippen LogP contribution in [0.5, 0.6) is 0 Å². The van der Waals surface area contributed by atoms with E-state index >= 15 is 0 Å². The van der Waals surface area contributed by atoms with Crippen molar-refractivity contribution in [1.29, 1.82) is 0 Å². The van der Waals surface area contributed by atoms with Gasteiger partial charge in [-0.2, -0.15) is 0 Å². The van der Waals surface area contributed by atoms with Gasteiger partial charge < -0.3 is 10.5 Å². The Morgan fingerprint density at radius 1 is 1.38 bits per heavy atom. The molecule has 2 N–H and O–H groups in total. The van der Waals surface area contributed by atoms with Gasteiger partial charge in [-0.1, -0.05) is 30.3 Å². The van der Waals surface area contributed by atoms with Crippen LogP contribution in [0.1, 0.15) is 5.56 Å². The van der Waals surface area contributed by atoms with Crippen molar-refractivity contribution in [1.82, 2.24) is 0 Å². The summed E-state index contributed by atoms with van der Waals surface area (Å²) in [5, 5.41) is 0. The van der Waals surface area contributed by atoms with Crippen molar-refractivity contribution in [2.24, 2.45) is 5.73 Å². The number of rotatable bonds is 4. The van der Waals surface area contributed by atoms with Crippen LogP contribution < -0.4 is 5.73 Å². The molecular formula is C10H11NO2. The lowest BCUT2D eigenvalue weighted by Crippen LogP contribution is -2.05. The van der Waals surface area contributed by atoms with E-state index in [4.69, 9.17) is 10.5 Å². The average molecular weight is 177 g/mol. The third-order valence-corrected chi connectivity index (χ3v) is 1.42. The second kappa shape index (κ2) is 4.98. The van der Waals surface area contributed by atoms with Gasteiger partial charge in [-0.15, -0.1) is 0 Å². The molecule has 1 rings (SSSR count). The van der Waals surface area contributed by atoms with Crippen molar-refractivity contribution in [2.75, 3.05) is 0 Å². The molecule has 0 aliphatic rings. The molecule has 13 heavy (non-hydrogen) atoms. The minimum atomic E-state index is -0.506. The van der Waals surface area contributed by atoms with E-state index < -0.39 is 5.91 Å². The number of carbonyl (C=O) groups excluding carboxylic acids is 1. The van der Waals surface area contributed by atoms with E-state index in [9.17, 15) is 4.79 Å². The highest BCUT2D eigenvalue weighted by Gasteiger charge is 1.88. The molecule has 68 valence electrons. The van der Waals surface area contributed by atoms with Gasteiger partial charge in [0.1, 0.15) is 6.61 Å². The first kappa shape index (κ1) is 9.32. The van der Waals surface area contributed by atoms with Crippen LogP contribution in [0.3, 0.4) is 0 Å². The number of primary amides is 1. The van der Waals surface area contributed by atoms with Crippen LogP contribution in [0.4, 0.5) is 0 Å². The van der Waals surface area contributed by atoms with Crippen LogP contribution in [0, 0.1) is 0 Å². The molecule has 3 nitrogen and oxygen atoms in total. The Kier molecular flexibility index (Phi) is 3.57. The summed E-state index contributed by atoms with van der Waals surface area (Å²) in [7, 11) is 0. The standard InChI is InChI=1S/C10H11NO2/c11-10(12)6-7-13-8-9-4-2-1-3-5-9/h1-7H,8H2,(H2,11,12). The Morgan fingerprint density at radius 2 is 2.08 bits per heavy atom. The number of amides is 1. The Morgan fingerprint density at radius 3 is 2.69 bits per heavy atom. The third-order valence-electron chi connectivity index (χ3n) is 1.42. The second-order valence-corrected chi connectivity index (χ2v) is 2.50. The molecule has 0 aliphatic carbocycles. The molecule has 1 aromatic rings. The summed E-state index contributed by atoms with van der Waals surface area (Å²) in [4.78, 5) is 10.3. The summed E-state index contributed by atoms with van der Waals surface area (Å²) in [5.74, 6) is -0.506. The number of carbonyl (C=O) groups is 1. The fourth-order valence-corrected chi connectivity index (χ4v) is 0.834. The van der Waals surface area contributed by atoms with E-state index in [-0.39, 0.29) is 0 Å². The van der Waals surface area contributed by atoms with Gasteiger partial charge in [0.2, 0.25) is 5.91 Å². The maximum absolute atomic E-state index is 10.3. The highest BCUT2D eigenvalue weighted by molar-refractivity contribution is 5.85. The zero-order chi connectivity index (χ0) is 9.52. The van der Waals surface area contributed by atoms with Crippen LogP contribution in [-0.2, 0) is 16.1 Å². The van der Waals surface area contributed by atoms with Crippen LogP contribution in [-0.4, -0.2) is 5.91 Å². The molecule has 0 unspecified atom stereocenters. The summed E-state index contributed by atoms with van der Waals surface area (Å²) in [6.07, 6.45) is 2.48.